The normalized spacial score (nSPS) is 11.8. The van der Waals surface area contributed by atoms with Gasteiger partial charge < -0.3 is 9.55 Å². The molecule has 0 spiro atoms. The first-order chi connectivity index (χ1) is 12.9. The predicted octanol–water partition coefficient (Wildman–Crippen LogP) is 3.53. The minimum absolute atomic E-state index is 0.115. The van der Waals surface area contributed by atoms with E-state index in [0.29, 0.717) is 23.5 Å². The van der Waals surface area contributed by atoms with Crippen molar-refractivity contribution in [3.8, 4) is 11.4 Å². The van der Waals surface area contributed by atoms with Crippen LogP contribution in [0, 0.1) is 0 Å². The maximum absolute atomic E-state index is 12.7. The van der Waals surface area contributed by atoms with Gasteiger partial charge in [0.15, 0.2) is 11.2 Å². The fourth-order valence-corrected chi connectivity index (χ4v) is 3.05. The molecule has 0 aliphatic carbocycles. The zero-order valence-electron chi connectivity index (χ0n) is 15.6. The first kappa shape index (κ1) is 17.1. The van der Waals surface area contributed by atoms with Crippen LogP contribution in [0.25, 0.3) is 22.6 Å². The Morgan fingerprint density at radius 2 is 1.89 bits per heavy atom. The number of nitrogens with zero attached hydrogens (tertiary/aromatic N) is 4. The first-order valence-electron chi connectivity index (χ1n) is 8.87. The number of nitrogens with one attached hydrogen (secondary N) is 1. The number of rotatable bonds is 3. The van der Waals surface area contributed by atoms with Gasteiger partial charge >= 0.3 is 0 Å². The third kappa shape index (κ3) is 3.38. The van der Waals surface area contributed by atoms with Crippen molar-refractivity contribution in [1.82, 2.24) is 24.5 Å². The zero-order valence-corrected chi connectivity index (χ0v) is 15.6. The summed E-state index contributed by atoms with van der Waals surface area (Å²) in [6, 6.07) is 12.1. The van der Waals surface area contributed by atoms with Crippen molar-refractivity contribution in [2.75, 3.05) is 0 Å². The standard InChI is InChI=1S/C21H21N5O/c1-21(2,3)16-8-6-14(7-9-16)12-26-13-23-19-17(26)20(27)25-18(24-19)15-5-4-10-22-11-15/h4-11,13H,12H2,1-3H3,(H,24,25,27). The van der Waals surface area contributed by atoms with Gasteiger partial charge in [-0.15, -0.1) is 0 Å². The minimum Gasteiger partial charge on any atom is -0.320 e. The van der Waals surface area contributed by atoms with Gasteiger partial charge in [0.05, 0.1) is 6.33 Å². The summed E-state index contributed by atoms with van der Waals surface area (Å²) in [5.41, 5.74) is 3.96. The van der Waals surface area contributed by atoms with E-state index in [1.165, 1.54) is 5.56 Å². The first-order valence-corrected chi connectivity index (χ1v) is 8.87. The Kier molecular flexibility index (Phi) is 4.11. The second-order valence-corrected chi connectivity index (χ2v) is 7.65. The fourth-order valence-electron chi connectivity index (χ4n) is 3.05. The predicted molar refractivity (Wildman–Crippen MR) is 106 cm³/mol. The quantitative estimate of drug-likeness (QED) is 0.607. The molecule has 0 bridgehead atoms. The molecule has 4 aromatic rings. The number of imidazole rings is 1. The van der Waals surface area contributed by atoms with E-state index >= 15 is 0 Å². The summed E-state index contributed by atoms with van der Waals surface area (Å²) in [6.07, 6.45) is 5.01. The number of pyridine rings is 1. The van der Waals surface area contributed by atoms with Crippen LogP contribution in [0.1, 0.15) is 31.9 Å². The summed E-state index contributed by atoms with van der Waals surface area (Å²) in [5, 5.41) is 0. The maximum Gasteiger partial charge on any atom is 0.277 e. The molecular formula is C21H21N5O. The highest BCUT2D eigenvalue weighted by atomic mass is 16.1. The van der Waals surface area contributed by atoms with Gasteiger partial charge in [0.1, 0.15) is 5.82 Å². The third-order valence-corrected chi connectivity index (χ3v) is 4.59. The molecule has 0 saturated heterocycles. The number of aromatic amines is 1. The SMILES string of the molecule is CC(C)(C)c1ccc(Cn2cnc3nc(-c4cccnc4)[nH]c(=O)c32)cc1. The van der Waals surface area contributed by atoms with Crippen LogP contribution in [0.2, 0.25) is 0 Å². The third-order valence-electron chi connectivity index (χ3n) is 4.59. The Hall–Kier alpha value is -3.28. The summed E-state index contributed by atoms with van der Waals surface area (Å²) in [7, 11) is 0. The van der Waals surface area contributed by atoms with Crippen LogP contribution in [0.4, 0.5) is 0 Å². The van der Waals surface area contributed by atoms with Gasteiger partial charge in [0.25, 0.3) is 5.56 Å². The average Bonchev–Trinajstić information content (AvgIpc) is 3.05. The Labute approximate surface area is 157 Å². The van der Waals surface area contributed by atoms with Crippen molar-refractivity contribution in [1.29, 1.82) is 0 Å². The minimum atomic E-state index is -0.206. The van der Waals surface area contributed by atoms with Gasteiger partial charge in [-0.1, -0.05) is 45.0 Å². The molecule has 1 N–H and O–H groups in total. The summed E-state index contributed by atoms with van der Waals surface area (Å²) in [4.78, 5) is 28.4. The molecule has 3 heterocycles. The Morgan fingerprint density at radius 3 is 2.56 bits per heavy atom. The van der Waals surface area contributed by atoms with Crippen molar-refractivity contribution in [2.24, 2.45) is 0 Å². The lowest BCUT2D eigenvalue weighted by molar-refractivity contribution is 0.590. The number of hydrogen-bond acceptors (Lipinski definition) is 4. The number of fused-ring (bicyclic) bond motifs is 1. The van der Waals surface area contributed by atoms with Crippen LogP contribution in [-0.4, -0.2) is 24.5 Å². The average molecular weight is 359 g/mol. The van der Waals surface area contributed by atoms with E-state index in [0.717, 1.165) is 11.1 Å². The van der Waals surface area contributed by atoms with E-state index < -0.39 is 0 Å². The molecule has 27 heavy (non-hydrogen) atoms. The molecule has 4 rings (SSSR count). The topological polar surface area (TPSA) is 76.5 Å². The second kappa shape index (κ2) is 6.46. The van der Waals surface area contributed by atoms with Crippen molar-refractivity contribution in [2.45, 2.75) is 32.7 Å². The molecule has 0 atom stereocenters. The molecule has 0 radical (unpaired) electrons. The molecule has 6 heteroatoms. The molecule has 3 aromatic heterocycles. The molecule has 0 fully saturated rings. The second-order valence-electron chi connectivity index (χ2n) is 7.65. The molecule has 0 saturated carbocycles. The monoisotopic (exact) mass is 359 g/mol. The fraction of sp³-hybridized carbons (Fsp3) is 0.238. The smallest absolute Gasteiger partial charge is 0.277 e. The molecule has 0 aliphatic heterocycles. The van der Waals surface area contributed by atoms with Crippen molar-refractivity contribution < 1.29 is 0 Å². The highest BCUT2D eigenvalue weighted by Gasteiger charge is 2.14. The number of hydrogen-bond donors (Lipinski definition) is 1. The maximum atomic E-state index is 12.7. The molecule has 0 unspecified atom stereocenters. The van der Waals surface area contributed by atoms with Crippen LogP contribution in [0.15, 0.2) is 59.9 Å². The van der Waals surface area contributed by atoms with Crippen LogP contribution in [0.5, 0.6) is 0 Å². The van der Waals surface area contributed by atoms with Crippen molar-refractivity contribution in [3.63, 3.8) is 0 Å². The van der Waals surface area contributed by atoms with Gasteiger partial charge in [-0.2, -0.15) is 0 Å². The Morgan fingerprint density at radius 1 is 1.11 bits per heavy atom. The van der Waals surface area contributed by atoms with Crippen LogP contribution < -0.4 is 5.56 Å². The summed E-state index contributed by atoms with van der Waals surface area (Å²) in [5.74, 6) is 0.473. The van der Waals surface area contributed by atoms with E-state index in [4.69, 9.17) is 0 Å². The summed E-state index contributed by atoms with van der Waals surface area (Å²) < 4.78 is 1.83. The van der Waals surface area contributed by atoms with Crippen molar-refractivity contribution >= 4 is 11.2 Å². The molecule has 6 nitrogen and oxygen atoms in total. The highest BCUT2D eigenvalue weighted by Crippen LogP contribution is 2.22. The van der Waals surface area contributed by atoms with E-state index in [1.54, 1.807) is 24.8 Å². The van der Waals surface area contributed by atoms with Gasteiger partial charge in [0.2, 0.25) is 0 Å². The highest BCUT2D eigenvalue weighted by molar-refractivity contribution is 5.72. The Bertz CT molecular complexity index is 1140. The zero-order chi connectivity index (χ0) is 19.0. The van der Waals surface area contributed by atoms with Crippen LogP contribution >= 0.6 is 0 Å². The molecular weight excluding hydrogens is 338 g/mol. The van der Waals surface area contributed by atoms with E-state index in [9.17, 15) is 4.79 Å². The van der Waals surface area contributed by atoms with E-state index in [-0.39, 0.29) is 11.0 Å². The van der Waals surface area contributed by atoms with Crippen molar-refractivity contribution in [3.05, 3.63) is 76.6 Å². The Balaban J connectivity index is 1.69. The molecule has 1 aromatic carbocycles. The van der Waals surface area contributed by atoms with E-state index in [1.807, 2.05) is 10.6 Å². The lowest BCUT2D eigenvalue weighted by Crippen LogP contribution is -2.14. The summed E-state index contributed by atoms with van der Waals surface area (Å²) >= 11 is 0. The van der Waals surface area contributed by atoms with Crippen LogP contribution in [-0.2, 0) is 12.0 Å². The molecule has 0 aliphatic rings. The van der Waals surface area contributed by atoms with Gasteiger partial charge in [-0.05, 0) is 28.7 Å². The lowest BCUT2D eigenvalue weighted by atomic mass is 9.87. The molecule has 0 amide bonds. The van der Waals surface area contributed by atoms with Crippen LogP contribution in [0.3, 0.4) is 0 Å². The largest absolute Gasteiger partial charge is 0.320 e. The number of benzene rings is 1. The van der Waals surface area contributed by atoms with Gasteiger partial charge in [0, 0.05) is 24.5 Å². The van der Waals surface area contributed by atoms with E-state index in [2.05, 4.69) is 65.0 Å². The number of aromatic nitrogens is 5. The van der Waals surface area contributed by atoms with Gasteiger partial charge in [-0.25, -0.2) is 9.97 Å². The molecule has 136 valence electrons. The summed E-state index contributed by atoms with van der Waals surface area (Å²) in [6.45, 7) is 7.14. The lowest BCUT2D eigenvalue weighted by Gasteiger charge is -2.19. The van der Waals surface area contributed by atoms with Gasteiger partial charge in [-0.3, -0.25) is 9.78 Å². The number of H-pyrrole nitrogens is 1.